The fourth-order valence-electron chi connectivity index (χ4n) is 2.85. The van der Waals surface area contributed by atoms with Crippen LogP contribution < -0.4 is 5.32 Å². The maximum atomic E-state index is 5.92. The van der Waals surface area contributed by atoms with Crippen LogP contribution in [0.25, 0.3) is 0 Å². The largest absolute Gasteiger partial charge is 0.382 e. The summed E-state index contributed by atoms with van der Waals surface area (Å²) in [6.07, 6.45) is 7.33. The van der Waals surface area contributed by atoms with E-state index in [0.717, 1.165) is 32.6 Å². The zero-order valence-corrected chi connectivity index (χ0v) is 11.6. The Morgan fingerprint density at radius 3 is 2.89 bits per heavy atom. The van der Waals surface area contributed by atoms with E-state index in [1.54, 1.807) is 7.11 Å². The zero-order valence-electron chi connectivity index (χ0n) is 11.6. The lowest BCUT2D eigenvalue weighted by Crippen LogP contribution is -2.51. The fraction of sp³-hybridized carbons (Fsp3) is 1.00. The van der Waals surface area contributed by atoms with E-state index in [4.69, 9.17) is 14.2 Å². The Kier molecular flexibility index (Phi) is 5.89. The molecule has 0 bridgehead atoms. The average molecular weight is 257 g/mol. The highest BCUT2D eigenvalue weighted by Crippen LogP contribution is 2.42. The summed E-state index contributed by atoms with van der Waals surface area (Å²) in [5, 5.41) is 3.64. The van der Waals surface area contributed by atoms with Gasteiger partial charge in [-0.25, -0.2) is 0 Å². The minimum absolute atomic E-state index is 0.255. The van der Waals surface area contributed by atoms with Gasteiger partial charge in [-0.3, -0.25) is 0 Å². The van der Waals surface area contributed by atoms with Gasteiger partial charge in [0.25, 0.3) is 0 Å². The predicted octanol–water partition coefficient (Wildman–Crippen LogP) is 1.73. The quantitative estimate of drug-likeness (QED) is 0.672. The van der Waals surface area contributed by atoms with E-state index in [9.17, 15) is 0 Å². The average Bonchev–Trinajstić information content (AvgIpc) is 2.36. The van der Waals surface area contributed by atoms with E-state index >= 15 is 0 Å². The van der Waals surface area contributed by atoms with Crippen LogP contribution in [0.15, 0.2) is 0 Å². The maximum absolute atomic E-state index is 5.92. The van der Waals surface area contributed by atoms with Gasteiger partial charge in [0, 0.05) is 26.4 Å². The van der Waals surface area contributed by atoms with E-state index in [0.29, 0.717) is 19.3 Å². The molecule has 2 aliphatic rings. The van der Waals surface area contributed by atoms with Gasteiger partial charge in [-0.2, -0.15) is 0 Å². The van der Waals surface area contributed by atoms with Crippen molar-refractivity contribution in [1.82, 2.24) is 5.32 Å². The number of hydrogen-bond acceptors (Lipinski definition) is 4. The molecule has 1 spiro atoms. The molecular weight excluding hydrogens is 230 g/mol. The zero-order chi connectivity index (χ0) is 12.7. The second-order valence-corrected chi connectivity index (χ2v) is 5.49. The SMILES string of the molecule is COCCOCCCNC1CCOC2(CCC2)C1. The van der Waals surface area contributed by atoms with Crippen molar-refractivity contribution in [2.45, 2.75) is 50.2 Å². The fourth-order valence-corrected chi connectivity index (χ4v) is 2.85. The molecule has 1 saturated heterocycles. The Bertz CT molecular complexity index is 231. The smallest absolute Gasteiger partial charge is 0.0700 e. The van der Waals surface area contributed by atoms with Gasteiger partial charge >= 0.3 is 0 Å². The molecule has 0 aromatic rings. The standard InChI is InChI=1S/C14H27NO3/c1-16-10-11-17-8-3-7-15-13-4-9-18-14(12-13)5-2-6-14/h13,15H,2-12H2,1H3. The van der Waals surface area contributed by atoms with E-state index in [-0.39, 0.29) is 5.60 Å². The van der Waals surface area contributed by atoms with Crippen LogP contribution in [0.5, 0.6) is 0 Å². The molecule has 0 aromatic carbocycles. The molecule has 0 aromatic heterocycles. The van der Waals surface area contributed by atoms with Gasteiger partial charge in [-0.1, -0.05) is 0 Å². The maximum Gasteiger partial charge on any atom is 0.0700 e. The van der Waals surface area contributed by atoms with Crippen LogP contribution in [-0.2, 0) is 14.2 Å². The van der Waals surface area contributed by atoms with Gasteiger partial charge < -0.3 is 19.5 Å². The molecule has 1 unspecified atom stereocenters. The molecule has 106 valence electrons. The molecule has 0 amide bonds. The molecule has 2 fully saturated rings. The Morgan fingerprint density at radius 2 is 2.17 bits per heavy atom. The van der Waals surface area contributed by atoms with Gasteiger partial charge in [0.05, 0.1) is 18.8 Å². The normalized spacial score (nSPS) is 26.2. The minimum atomic E-state index is 0.255. The number of hydrogen-bond donors (Lipinski definition) is 1. The highest BCUT2D eigenvalue weighted by Gasteiger charge is 2.42. The first-order valence-electron chi connectivity index (χ1n) is 7.29. The number of methoxy groups -OCH3 is 1. The van der Waals surface area contributed by atoms with Crippen LogP contribution >= 0.6 is 0 Å². The number of nitrogens with one attached hydrogen (secondary N) is 1. The van der Waals surface area contributed by atoms with Crippen molar-refractivity contribution < 1.29 is 14.2 Å². The minimum Gasteiger partial charge on any atom is -0.382 e. The summed E-state index contributed by atoms with van der Waals surface area (Å²) >= 11 is 0. The molecule has 1 heterocycles. The van der Waals surface area contributed by atoms with Crippen molar-refractivity contribution in [3.05, 3.63) is 0 Å². The highest BCUT2D eigenvalue weighted by atomic mass is 16.5. The predicted molar refractivity (Wildman–Crippen MR) is 70.9 cm³/mol. The van der Waals surface area contributed by atoms with Crippen molar-refractivity contribution in [3.8, 4) is 0 Å². The van der Waals surface area contributed by atoms with Crippen LogP contribution in [-0.4, -0.2) is 51.7 Å². The summed E-state index contributed by atoms with van der Waals surface area (Å²) in [5.41, 5.74) is 0.255. The highest BCUT2D eigenvalue weighted by molar-refractivity contribution is 4.95. The van der Waals surface area contributed by atoms with Crippen molar-refractivity contribution in [2.24, 2.45) is 0 Å². The summed E-state index contributed by atoms with van der Waals surface area (Å²) in [4.78, 5) is 0. The molecule has 1 aliphatic carbocycles. The van der Waals surface area contributed by atoms with E-state index < -0.39 is 0 Å². The summed E-state index contributed by atoms with van der Waals surface area (Å²) in [6, 6.07) is 0.651. The van der Waals surface area contributed by atoms with Crippen molar-refractivity contribution in [2.75, 3.05) is 40.1 Å². The monoisotopic (exact) mass is 257 g/mol. The summed E-state index contributed by atoms with van der Waals surface area (Å²) < 4.78 is 16.3. The third-order valence-corrected chi connectivity index (χ3v) is 4.09. The van der Waals surface area contributed by atoms with E-state index in [2.05, 4.69) is 5.32 Å². The van der Waals surface area contributed by atoms with Gasteiger partial charge in [0.1, 0.15) is 0 Å². The Morgan fingerprint density at radius 1 is 1.28 bits per heavy atom. The lowest BCUT2D eigenvalue weighted by Gasteiger charge is -2.47. The summed E-state index contributed by atoms with van der Waals surface area (Å²) in [7, 11) is 1.70. The lowest BCUT2D eigenvalue weighted by atomic mass is 9.74. The molecular formula is C14H27NO3. The second-order valence-electron chi connectivity index (χ2n) is 5.49. The van der Waals surface area contributed by atoms with Crippen LogP contribution in [0, 0.1) is 0 Å². The van der Waals surface area contributed by atoms with Crippen molar-refractivity contribution >= 4 is 0 Å². The van der Waals surface area contributed by atoms with E-state index in [1.807, 2.05) is 0 Å². The van der Waals surface area contributed by atoms with Crippen LogP contribution in [0.4, 0.5) is 0 Å². The topological polar surface area (TPSA) is 39.7 Å². The van der Waals surface area contributed by atoms with Crippen LogP contribution in [0.3, 0.4) is 0 Å². The number of ether oxygens (including phenoxy) is 3. The van der Waals surface area contributed by atoms with E-state index in [1.165, 1.54) is 25.7 Å². The molecule has 4 heteroatoms. The first-order chi connectivity index (χ1) is 8.85. The second kappa shape index (κ2) is 7.43. The molecule has 18 heavy (non-hydrogen) atoms. The Balaban J connectivity index is 1.48. The molecule has 2 rings (SSSR count). The van der Waals surface area contributed by atoms with Crippen molar-refractivity contribution in [1.29, 1.82) is 0 Å². The molecule has 1 atom stereocenters. The molecule has 1 N–H and O–H groups in total. The summed E-state index contributed by atoms with van der Waals surface area (Å²) in [6.45, 7) is 4.20. The third-order valence-electron chi connectivity index (χ3n) is 4.09. The van der Waals surface area contributed by atoms with Gasteiger partial charge in [-0.15, -0.1) is 0 Å². The van der Waals surface area contributed by atoms with Gasteiger partial charge in [-0.05, 0) is 45.1 Å². The molecule has 1 saturated carbocycles. The molecule has 4 nitrogen and oxygen atoms in total. The van der Waals surface area contributed by atoms with Crippen molar-refractivity contribution in [3.63, 3.8) is 0 Å². The lowest BCUT2D eigenvalue weighted by molar-refractivity contribution is -0.135. The van der Waals surface area contributed by atoms with Crippen LogP contribution in [0.1, 0.15) is 38.5 Å². The Labute approximate surface area is 110 Å². The molecule has 0 radical (unpaired) electrons. The first-order valence-corrected chi connectivity index (χ1v) is 7.29. The van der Waals surface area contributed by atoms with Crippen LogP contribution in [0.2, 0.25) is 0 Å². The molecule has 1 aliphatic heterocycles. The third kappa shape index (κ3) is 4.19. The Hall–Kier alpha value is -0.160. The summed E-state index contributed by atoms with van der Waals surface area (Å²) in [5.74, 6) is 0. The first kappa shape index (κ1) is 14.3. The number of rotatable bonds is 8. The van der Waals surface area contributed by atoms with Gasteiger partial charge in [0.15, 0.2) is 0 Å². The van der Waals surface area contributed by atoms with Gasteiger partial charge in [0.2, 0.25) is 0 Å².